The number of nitrogens with zero attached hydrogens (tertiary/aromatic N) is 2. The van der Waals surface area contributed by atoms with E-state index in [2.05, 4.69) is 49.9 Å². The summed E-state index contributed by atoms with van der Waals surface area (Å²) in [5.74, 6) is 1.38. The number of benzene rings is 3. The van der Waals surface area contributed by atoms with Gasteiger partial charge in [-0.05, 0) is 59.2 Å². The molecule has 0 aliphatic carbocycles. The predicted octanol–water partition coefficient (Wildman–Crippen LogP) is 6.45. The Labute approximate surface area is 172 Å². The molecule has 0 aliphatic rings. The van der Waals surface area contributed by atoms with Crippen molar-refractivity contribution in [2.45, 2.75) is 0 Å². The summed E-state index contributed by atoms with van der Waals surface area (Å²) in [5, 5.41) is 4.25. The topological polar surface area (TPSA) is 47.0 Å². The molecule has 0 atom stereocenters. The molecule has 0 fully saturated rings. The van der Waals surface area contributed by atoms with Crippen LogP contribution in [0.5, 0.6) is 5.75 Å². The Morgan fingerprint density at radius 2 is 1.86 bits per heavy atom. The molecule has 0 unspecified atom stereocenters. The third kappa shape index (κ3) is 3.75. The summed E-state index contributed by atoms with van der Waals surface area (Å²) >= 11 is 3.46. The van der Waals surface area contributed by atoms with Crippen molar-refractivity contribution < 1.29 is 4.74 Å². The van der Waals surface area contributed by atoms with Crippen LogP contribution >= 0.6 is 15.9 Å². The number of aromatic nitrogens is 2. The molecule has 0 saturated carbocycles. The highest BCUT2D eigenvalue weighted by Gasteiger charge is 2.06. The van der Waals surface area contributed by atoms with Crippen LogP contribution in [0.15, 0.2) is 77.9 Å². The number of rotatable bonds is 5. The first-order valence-corrected chi connectivity index (χ1v) is 9.56. The number of hydrogen-bond donors (Lipinski definition) is 1. The van der Waals surface area contributed by atoms with Crippen molar-refractivity contribution >= 4 is 44.5 Å². The highest BCUT2D eigenvalue weighted by molar-refractivity contribution is 9.10. The van der Waals surface area contributed by atoms with Crippen molar-refractivity contribution in [3.63, 3.8) is 0 Å². The molecule has 0 spiro atoms. The van der Waals surface area contributed by atoms with Crippen molar-refractivity contribution in [3.8, 4) is 16.9 Å². The number of fused-ring (bicyclic) bond motifs is 1. The first kappa shape index (κ1) is 18.2. The minimum atomic E-state index is 0.565. The molecule has 0 amide bonds. The van der Waals surface area contributed by atoms with Gasteiger partial charge in [-0.25, -0.2) is 9.97 Å². The molecular weight excluding hydrogens is 414 g/mol. The van der Waals surface area contributed by atoms with Crippen LogP contribution in [0.25, 0.3) is 28.1 Å². The second kappa shape index (κ2) is 7.82. The summed E-state index contributed by atoms with van der Waals surface area (Å²) in [5.41, 5.74) is 5.04. The molecule has 4 aromatic rings. The minimum Gasteiger partial charge on any atom is -0.497 e. The minimum absolute atomic E-state index is 0.565. The molecule has 0 aliphatic heterocycles. The Morgan fingerprint density at radius 1 is 1.04 bits per heavy atom. The van der Waals surface area contributed by atoms with Crippen molar-refractivity contribution in [2.75, 3.05) is 12.4 Å². The molecule has 0 radical (unpaired) electrons. The molecule has 4 nitrogen and oxygen atoms in total. The Morgan fingerprint density at radius 3 is 2.61 bits per heavy atom. The molecule has 1 N–H and O–H groups in total. The normalized spacial score (nSPS) is 10.6. The molecule has 28 heavy (non-hydrogen) atoms. The summed E-state index contributed by atoms with van der Waals surface area (Å²) in [4.78, 5) is 8.97. The van der Waals surface area contributed by atoms with Gasteiger partial charge >= 0.3 is 0 Å². The summed E-state index contributed by atoms with van der Waals surface area (Å²) < 4.78 is 6.37. The highest BCUT2D eigenvalue weighted by atomic mass is 79.9. The average Bonchev–Trinajstić information content (AvgIpc) is 2.74. The van der Waals surface area contributed by atoms with Gasteiger partial charge in [-0.2, -0.15) is 0 Å². The Bertz CT molecular complexity index is 1160. The van der Waals surface area contributed by atoms with Crippen LogP contribution in [0, 0.1) is 0 Å². The fourth-order valence-corrected chi connectivity index (χ4v) is 3.40. The number of methoxy groups -OCH3 is 1. The van der Waals surface area contributed by atoms with E-state index in [1.54, 1.807) is 7.11 Å². The molecule has 3 aromatic carbocycles. The van der Waals surface area contributed by atoms with Gasteiger partial charge in [0.2, 0.25) is 5.95 Å². The number of nitrogens with one attached hydrogen (secondary N) is 1. The molecule has 4 rings (SSSR count). The zero-order valence-electron chi connectivity index (χ0n) is 15.3. The van der Waals surface area contributed by atoms with Crippen molar-refractivity contribution in [1.29, 1.82) is 0 Å². The van der Waals surface area contributed by atoms with Gasteiger partial charge < -0.3 is 10.1 Å². The van der Waals surface area contributed by atoms with E-state index in [4.69, 9.17) is 4.74 Å². The molecule has 1 heterocycles. The number of ether oxygens (including phenoxy) is 1. The summed E-state index contributed by atoms with van der Waals surface area (Å²) in [6.07, 6.45) is 3.67. The summed E-state index contributed by atoms with van der Waals surface area (Å²) in [6, 6.07) is 20.0. The van der Waals surface area contributed by atoms with Crippen LogP contribution in [0.2, 0.25) is 0 Å². The van der Waals surface area contributed by atoms with Crippen molar-refractivity contribution in [2.24, 2.45) is 0 Å². The molecule has 0 bridgehead atoms. The Balaban J connectivity index is 1.60. The third-order valence-electron chi connectivity index (χ3n) is 4.47. The maximum Gasteiger partial charge on any atom is 0.227 e. The van der Waals surface area contributed by atoms with Crippen LogP contribution in [-0.2, 0) is 0 Å². The summed E-state index contributed by atoms with van der Waals surface area (Å²) in [7, 11) is 1.67. The van der Waals surface area contributed by atoms with Gasteiger partial charge in [0.15, 0.2) is 0 Å². The van der Waals surface area contributed by atoms with Crippen LogP contribution in [0.1, 0.15) is 5.56 Å². The Kier molecular flexibility index (Phi) is 5.08. The quantitative estimate of drug-likeness (QED) is 0.394. The largest absolute Gasteiger partial charge is 0.497 e. The lowest BCUT2D eigenvalue weighted by atomic mass is 9.99. The van der Waals surface area contributed by atoms with Gasteiger partial charge in [0.1, 0.15) is 5.75 Å². The second-order valence-corrected chi connectivity index (χ2v) is 7.17. The van der Waals surface area contributed by atoms with E-state index in [0.717, 1.165) is 43.5 Å². The average molecular weight is 432 g/mol. The molecule has 5 heteroatoms. The Hall–Kier alpha value is -3.18. The molecule has 138 valence electrons. The van der Waals surface area contributed by atoms with E-state index in [-0.39, 0.29) is 0 Å². The molecule has 1 aromatic heterocycles. The molecular formula is C23H18BrN3O. The van der Waals surface area contributed by atoms with E-state index in [1.807, 2.05) is 60.8 Å². The lowest BCUT2D eigenvalue weighted by Crippen LogP contribution is -1.97. The standard InChI is InChI=1S/C23H18BrN3O/c1-3-15-6-10-20(28-2)13-21(15)16-4-8-19(9-5-16)26-23-25-14-17-12-18(24)7-11-22(17)27-23/h3-14H,1H2,2H3,(H,25,26,27). The third-order valence-corrected chi connectivity index (χ3v) is 4.97. The number of anilines is 2. The van der Waals surface area contributed by atoms with Gasteiger partial charge in [0.05, 0.1) is 12.6 Å². The number of halogens is 1. The molecule has 0 saturated heterocycles. The second-order valence-electron chi connectivity index (χ2n) is 6.26. The van der Waals surface area contributed by atoms with E-state index in [1.165, 1.54) is 0 Å². The lowest BCUT2D eigenvalue weighted by Gasteiger charge is -2.11. The fourth-order valence-electron chi connectivity index (χ4n) is 3.02. The predicted molar refractivity (Wildman–Crippen MR) is 119 cm³/mol. The van der Waals surface area contributed by atoms with Gasteiger partial charge in [0, 0.05) is 21.7 Å². The SMILES string of the molecule is C=Cc1ccc(OC)cc1-c1ccc(Nc2ncc3cc(Br)ccc3n2)cc1. The maximum atomic E-state index is 5.35. The van der Waals surface area contributed by atoms with Gasteiger partial charge in [-0.1, -0.05) is 46.8 Å². The first-order chi connectivity index (χ1) is 13.7. The van der Waals surface area contributed by atoms with Crippen molar-refractivity contribution in [1.82, 2.24) is 9.97 Å². The smallest absolute Gasteiger partial charge is 0.227 e. The zero-order chi connectivity index (χ0) is 19.5. The van der Waals surface area contributed by atoms with Crippen LogP contribution < -0.4 is 10.1 Å². The van der Waals surface area contributed by atoms with Crippen LogP contribution in [0.4, 0.5) is 11.6 Å². The van der Waals surface area contributed by atoms with E-state index < -0.39 is 0 Å². The number of hydrogen-bond acceptors (Lipinski definition) is 4. The monoisotopic (exact) mass is 431 g/mol. The van der Waals surface area contributed by atoms with Crippen LogP contribution in [-0.4, -0.2) is 17.1 Å². The fraction of sp³-hybridized carbons (Fsp3) is 0.0435. The van der Waals surface area contributed by atoms with E-state index >= 15 is 0 Å². The maximum absolute atomic E-state index is 5.35. The first-order valence-electron chi connectivity index (χ1n) is 8.76. The lowest BCUT2D eigenvalue weighted by molar-refractivity contribution is 0.415. The van der Waals surface area contributed by atoms with E-state index in [9.17, 15) is 0 Å². The zero-order valence-corrected chi connectivity index (χ0v) is 16.9. The van der Waals surface area contributed by atoms with Gasteiger partial charge in [-0.3, -0.25) is 0 Å². The van der Waals surface area contributed by atoms with Crippen molar-refractivity contribution in [3.05, 3.63) is 83.5 Å². The van der Waals surface area contributed by atoms with Gasteiger partial charge in [-0.15, -0.1) is 0 Å². The summed E-state index contributed by atoms with van der Waals surface area (Å²) in [6.45, 7) is 3.90. The van der Waals surface area contributed by atoms with Gasteiger partial charge in [0.25, 0.3) is 0 Å². The van der Waals surface area contributed by atoms with Crippen LogP contribution in [0.3, 0.4) is 0 Å². The van der Waals surface area contributed by atoms with E-state index in [0.29, 0.717) is 5.95 Å². The highest BCUT2D eigenvalue weighted by Crippen LogP contribution is 2.30.